The average molecular weight is 185 g/mol. The number of rotatable bonds is 1. The number of nitrogens with two attached hydrogens (primary N) is 1. The summed E-state index contributed by atoms with van der Waals surface area (Å²) in [5, 5.41) is 0. The average Bonchev–Trinajstić information content (AvgIpc) is 1.79. The fourth-order valence-corrected chi connectivity index (χ4v) is 1.53. The van der Waals surface area contributed by atoms with Gasteiger partial charge in [-0.3, -0.25) is 4.79 Å². The van der Waals surface area contributed by atoms with Gasteiger partial charge < -0.3 is 10.5 Å². The number of ketones is 1. The smallest absolute Gasteiger partial charge is 0.405 e. The van der Waals surface area contributed by atoms with Crippen molar-refractivity contribution >= 4 is 11.9 Å². The molecule has 1 aliphatic carbocycles. The van der Waals surface area contributed by atoms with Crippen LogP contribution in [0, 0.1) is 5.41 Å². The summed E-state index contributed by atoms with van der Waals surface area (Å²) in [6.45, 7) is 5.80. The predicted octanol–water partition coefficient (Wildman–Crippen LogP) is 1.23. The largest absolute Gasteiger partial charge is 0.442 e. The monoisotopic (exact) mass is 185 g/mol. The van der Waals surface area contributed by atoms with Gasteiger partial charge in [0.15, 0.2) is 0 Å². The Labute approximate surface area is 77.4 Å². The quantitative estimate of drug-likeness (QED) is 0.668. The highest BCUT2D eigenvalue weighted by atomic mass is 16.6. The standard InChI is InChI=1S/C9H15NO3/c1-8(2,3)9(13-7(10)12)4-6(11)5-9/h4-5H2,1-3H3,(H2,10,12). The van der Waals surface area contributed by atoms with Crippen molar-refractivity contribution < 1.29 is 14.3 Å². The Bertz CT molecular complexity index is 244. The van der Waals surface area contributed by atoms with Crippen molar-refractivity contribution in [3.63, 3.8) is 0 Å². The second-order valence-electron chi connectivity index (χ2n) is 4.56. The molecule has 0 radical (unpaired) electrons. The van der Waals surface area contributed by atoms with Crippen molar-refractivity contribution in [2.75, 3.05) is 0 Å². The van der Waals surface area contributed by atoms with E-state index < -0.39 is 11.7 Å². The van der Waals surface area contributed by atoms with Crippen LogP contribution in [0.3, 0.4) is 0 Å². The molecule has 1 fully saturated rings. The predicted molar refractivity (Wildman–Crippen MR) is 47.1 cm³/mol. The summed E-state index contributed by atoms with van der Waals surface area (Å²) in [5.41, 5.74) is 4.05. The van der Waals surface area contributed by atoms with Gasteiger partial charge in [0.05, 0.1) is 0 Å². The first kappa shape index (κ1) is 10.0. The Balaban J connectivity index is 2.79. The molecule has 0 aliphatic heterocycles. The molecular formula is C9H15NO3. The maximum atomic E-state index is 10.9. The Morgan fingerprint density at radius 2 is 1.92 bits per heavy atom. The number of Topliss-reactive ketones (excluding diaryl/α,β-unsaturated/α-hetero) is 1. The number of carbonyl (C=O) groups excluding carboxylic acids is 2. The van der Waals surface area contributed by atoms with Gasteiger partial charge in [-0.25, -0.2) is 4.79 Å². The van der Waals surface area contributed by atoms with Gasteiger partial charge in [-0.2, -0.15) is 0 Å². The molecule has 1 amide bonds. The van der Waals surface area contributed by atoms with Crippen LogP contribution < -0.4 is 5.73 Å². The number of ether oxygens (including phenoxy) is 1. The van der Waals surface area contributed by atoms with Gasteiger partial charge in [0, 0.05) is 18.3 Å². The molecule has 0 bridgehead atoms. The molecule has 0 aromatic heterocycles. The highest BCUT2D eigenvalue weighted by molar-refractivity contribution is 5.88. The molecule has 4 heteroatoms. The Kier molecular flexibility index (Phi) is 2.10. The summed E-state index contributed by atoms with van der Waals surface area (Å²) in [7, 11) is 0. The third-order valence-electron chi connectivity index (χ3n) is 2.63. The molecule has 0 heterocycles. The SMILES string of the molecule is CC(C)(C)C1(OC(N)=O)CC(=O)C1. The fourth-order valence-electron chi connectivity index (χ4n) is 1.53. The molecule has 0 aromatic rings. The van der Waals surface area contributed by atoms with Crippen molar-refractivity contribution in [1.82, 2.24) is 0 Å². The van der Waals surface area contributed by atoms with Gasteiger partial charge in [0.25, 0.3) is 0 Å². The van der Waals surface area contributed by atoms with E-state index in [-0.39, 0.29) is 11.2 Å². The second-order valence-corrected chi connectivity index (χ2v) is 4.56. The number of carbonyl (C=O) groups is 2. The van der Waals surface area contributed by atoms with E-state index >= 15 is 0 Å². The Hall–Kier alpha value is -1.06. The van der Waals surface area contributed by atoms with Crippen LogP contribution in [0.25, 0.3) is 0 Å². The summed E-state index contributed by atoms with van der Waals surface area (Å²) >= 11 is 0. The summed E-state index contributed by atoms with van der Waals surface area (Å²) in [6.07, 6.45) is -0.221. The molecule has 4 nitrogen and oxygen atoms in total. The molecule has 0 aromatic carbocycles. The zero-order valence-electron chi connectivity index (χ0n) is 8.22. The highest BCUT2D eigenvalue weighted by Gasteiger charge is 2.54. The lowest BCUT2D eigenvalue weighted by molar-refractivity contribution is -0.158. The van der Waals surface area contributed by atoms with E-state index in [2.05, 4.69) is 0 Å². The molecule has 0 atom stereocenters. The maximum Gasteiger partial charge on any atom is 0.405 e. The molecule has 0 unspecified atom stereocenters. The van der Waals surface area contributed by atoms with E-state index in [1.807, 2.05) is 20.8 Å². The van der Waals surface area contributed by atoms with Crippen molar-refractivity contribution in [3.05, 3.63) is 0 Å². The van der Waals surface area contributed by atoms with Crippen molar-refractivity contribution in [2.45, 2.75) is 39.2 Å². The third-order valence-corrected chi connectivity index (χ3v) is 2.63. The summed E-state index contributed by atoms with van der Waals surface area (Å²) < 4.78 is 5.03. The van der Waals surface area contributed by atoms with Gasteiger partial charge >= 0.3 is 6.09 Å². The zero-order valence-corrected chi connectivity index (χ0v) is 8.22. The lowest BCUT2D eigenvalue weighted by Gasteiger charge is -2.48. The van der Waals surface area contributed by atoms with Crippen molar-refractivity contribution in [1.29, 1.82) is 0 Å². The number of primary amides is 1. The van der Waals surface area contributed by atoms with E-state index in [0.29, 0.717) is 12.8 Å². The van der Waals surface area contributed by atoms with E-state index in [0.717, 1.165) is 0 Å². The number of hydrogen-bond acceptors (Lipinski definition) is 3. The minimum atomic E-state index is -0.803. The van der Waals surface area contributed by atoms with Crippen LogP contribution in [-0.4, -0.2) is 17.5 Å². The van der Waals surface area contributed by atoms with Crippen LogP contribution in [0.2, 0.25) is 0 Å². The first-order valence-electron chi connectivity index (χ1n) is 4.27. The highest BCUT2D eigenvalue weighted by Crippen LogP contribution is 2.46. The van der Waals surface area contributed by atoms with Crippen LogP contribution in [0.5, 0.6) is 0 Å². The van der Waals surface area contributed by atoms with Crippen LogP contribution in [-0.2, 0) is 9.53 Å². The normalized spacial score (nSPS) is 20.7. The van der Waals surface area contributed by atoms with Gasteiger partial charge in [-0.15, -0.1) is 0 Å². The molecule has 1 rings (SSSR count). The molecular weight excluding hydrogens is 170 g/mol. The molecule has 13 heavy (non-hydrogen) atoms. The van der Waals surface area contributed by atoms with E-state index in [4.69, 9.17) is 10.5 Å². The van der Waals surface area contributed by atoms with Gasteiger partial charge in [-0.1, -0.05) is 20.8 Å². The Morgan fingerprint density at radius 1 is 1.46 bits per heavy atom. The minimum Gasteiger partial charge on any atom is -0.442 e. The summed E-state index contributed by atoms with van der Waals surface area (Å²) in [4.78, 5) is 21.6. The molecule has 1 saturated carbocycles. The lowest BCUT2D eigenvalue weighted by atomic mass is 9.63. The second kappa shape index (κ2) is 2.72. The topological polar surface area (TPSA) is 69.4 Å². The third kappa shape index (κ3) is 1.66. The first-order chi connectivity index (χ1) is 5.77. The molecule has 0 saturated heterocycles. The Morgan fingerprint density at radius 3 is 2.15 bits per heavy atom. The van der Waals surface area contributed by atoms with Gasteiger partial charge in [-0.05, 0) is 0 Å². The number of hydrogen-bond donors (Lipinski definition) is 1. The van der Waals surface area contributed by atoms with E-state index in [1.165, 1.54) is 0 Å². The van der Waals surface area contributed by atoms with Gasteiger partial charge in [0.2, 0.25) is 0 Å². The molecule has 1 aliphatic rings. The van der Waals surface area contributed by atoms with Crippen LogP contribution >= 0.6 is 0 Å². The number of amides is 1. The van der Waals surface area contributed by atoms with E-state index in [9.17, 15) is 9.59 Å². The molecule has 2 N–H and O–H groups in total. The van der Waals surface area contributed by atoms with Crippen LogP contribution in [0.4, 0.5) is 4.79 Å². The van der Waals surface area contributed by atoms with Gasteiger partial charge in [0.1, 0.15) is 11.4 Å². The molecule has 74 valence electrons. The minimum absolute atomic E-state index is 0.121. The van der Waals surface area contributed by atoms with Crippen molar-refractivity contribution in [3.8, 4) is 0 Å². The molecule has 0 spiro atoms. The zero-order chi connectivity index (χ0) is 10.3. The fraction of sp³-hybridized carbons (Fsp3) is 0.778. The van der Waals surface area contributed by atoms with Crippen LogP contribution in [0.15, 0.2) is 0 Å². The summed E-state index contributed by atoms with van der Waals surface area (Å²) in [6, 6.07) is 0. The summed E-state index contributed by atoms with van der Waals surface area (Å²) in [5.74, 6) is 0.121. The van der Waals surface area contributed by atoms with E-state index in [1.54, 1.807) is 0 Å². The maximum absolute atomic E-state index is 10.9. The first-order valence-corrected chi connectivity index (χ1v) is 4.27. The lowest BCUT2D eigenvalue weighted by Crippen LogP contribution is -2.57. The van der Waals surface area contributed by atoms with Crippen molar-refractivity contribution in [2.24, 2.45) is 11.1 Å². The van der Waals surface area contributed by atoms with Crippen LogP contribution in [0.1, 0.15) is 33.6 Å².